The van der Waals surface area contributed by atoms with E-state index in [1.807, 2.05) is 0 Å². The molecule has 8 heteroatoms. The number of nitrogens with zero attached hydrogens (tertiary/aromatic N) is 2. The van der Waals surface area contributed by atoms with Gasteiger partial charge in [-0.2, -0.15) is 0 Å². The number of rotatable bonds is 5. The summed E-state index contributed by atoms with van der Waals surface area (Å²) in [7, 11) is 0. The zero-order chi connectivity index (χ0) is 19.5. The van der Waals surface area contributed by atoms with Crippen molar-refractivity contribution in [1.82, 2.24) is 15.4 Å². The van der Waals surface area contributed by atoms with Crippen molar-refractivity contribution >= 4 is 11.8 Å². The van der Waals surface area contributed by atoms with Gasteiger partial charge in [0.1, 0.15) is 11.4 Å². The molecule has 2 aromatic heterocycles. The molecular weight excluding hydrogens is 365 g/mol. The smallest absolute Gasteiger partial charge is 0.259 e. The van der Waals surface area contributed by atoms with E-state index >= 15 is 0 Å². The molecule has 144 valence electrons. The molecule has 1 saturated heterocycles. The highest BCUT2D eigenvalue weighted by molar-refractivity contribution is 5.99. The second kappa shape index (κ2) is 7.67. The van der Waals surface area contributed by atoms with Crippen LogP contribution < -0.4 is 5.32 Å². The van der Waals surface area contributed by atoms with Gasteiger partial charge in [-0.3, -0.25) is 9.59 Å². The van der Waals surface area contributed by atoms with Gasteiger partial charge in [0.15, 0.2) is 5.76 Å². The van der Waals surface area contributed by atoms with Crippen molar-refractivity contribution in [3.63, 3.8) is 0 Å². The van der Waals surface area contributed by atoms with Gasteiger partial charge in [0.25, 0.3) is 5.91 Å². The molecule has 0 bridgehead atoms. The second-order valence-electron chi connectivity index (χ2n) is 6.66. The first kappa shape index (κ1) is 18.0. The maximum atomic E-state index is 13.2. The summed E-state index contributed by atoms with van der Waals surface area (Å²) in [5.74, 6) is -0.0849. The average Bonchev–Trinajstić information content (AvgIpc) is 3.42. The minimum atomic E-state index is -0.371. The van der Waals surface area contributed by atoms with Crippen molar-refractivity contribution < 1.29 is 22.9 Å². The fourth-order valence-corrected chi connectivity index (χ4v) is 3.32. The highest BCUT2D eigenvalue weighted by Crippen LogP contribution is 2.26. The van der Waals surface area contributed by atoms with Gasteiger partial charge in [-0.05, 0) is 36.2 Å². The Hall–Kier alpha value is -3.42. The highest BCUT2D eigenvalue weighted by atomic mass is 19.1. The van der Waals surface area contributed by atoms with Crippen LogP contribution in [0.15, 0.2) is 57.8 Å². The maximum Gasteiger partial charge on any atom is 0.259 e. The second-order valence-corrected chi connectivity index (χ2v) is 6.66. The third-order valence-electron chi connectivity index (χ3n) is 4.64. The summed E-state index contributed by atoms with van der Waals surface area (Å²) < 4.78 is 23.7. The zero-order valence-corrected chi connectivity index (χ0v) is 14.9. The van der Waals surface area contributed by atoms with Crippen molar-refractivity contribution in [3.05, 3.63) is 65.8 Å². The van der Waals surface area contributed by atoms with Crippen LogP contribution in [-0.2, 0) is 11.2 Å². The number of likely N-dealkylation sites (tertiary alicyclic amines) is 1. The SMILES string of the molecule is O=C(Cc1cccc(F)c1)N[C@H]1CCN(C(=O)c2cnoc2-c2ccco2)C1. The van der Waals surface area contributed by atoms with Crippen LogP contribution in [0.25, 0.3) is 11.5 Å². The summed E-state index contributed by atoms with van der Waals surface area (Å²) in [5, 5.41) is 6.62. The number of hydrogen-bond acceptors (Lipinski definition) is 5. The van der Waals surface area contributed by atoms with Crippen molar-refractivity contribution in [2.45, 2.75) is 18.9 Å². The number of aromatic nitrogens is 1. The Balaban J connectivity index is 1.36. The average molecular weight is 383 g/mol. The molecule has 0 radical (unpaired) electrons. The summed E-state index contributed by atoms with van der Waals surface area (Å²) >= 11 is 0. The van der Waals surface area contributed by atoms with E-state index in [9.17, 15) is 14.0 Å². The molecule has 7 nitrogen and oxygen atoms in total. The van der Waals surface area contributed by atoms with E-state index in [1.165, 1.54) is 24.6 Å². The standard InChI is InChI=1S/C20H18FN3O4/c21-14-4-1-3-13(9-14)10-18(25)23-15-6-7-24(12-15)20(26)16-11-22-28-19(16)17-5-2-8-27-17/h1-5,8-9,11,15H,6-7,10,12H2,(H,23,25)/t15-/m0/s1. The summed E-state index contributed by atoms with van der Waals surface area (Å²) in [5.41, 5.74) is 0.928. The van der Waals surface area contributed by atoms with Gasteiger partial charge >= 0.3 is 0 Å². The van der Waals surface area contributed by atoms with E-state index in [1.54, 1.807) is 29.2 Å². The van der Waals surface area contributed by atoms with Crippen LogP contribution in [-0.4, -0.2) is 41.0 Å². The van der Waals surface area contributed by atoms with Crippen LogP contribution in [0.2, 0.25) is 0 Å². The van der Waals surface area contributed by atoms with Crippen LogP contribution >= 0.6 is 0 Å². The molecule has 4 rings (SSSR count). The molecule has 0 unspecified atom stereocenters. The van der Waals surface area contributed by atoms with Gasteiger partial charge in [-0.25, -0.2) is 4.39 Å². The zero-order valence-electron chi connectivity index (χ0n) is 14.9. The third-order valence-corrected chi connectivity index (χ3v) is 4.64. The maximum absolute atomic E-state index is 13.2. The number of carbonyl (C=O) groups excluding carboxylic acids is 2. The molecule has 1 aliphatic rings. The predicted molar refractivity (Wildman–Crippen MR) is 96.8 cm³/mol. The Bertz CT molecular complexity index is 983. The highest BCUT2D eigenvalue weighted by Gasteiger charge is 2.31. The van der Waals surface area contributed by atoms with Gasteiger partial charge in [-0.1, -0.05) is 17.3 Å². The van der Waals surface area contributed by atoms with E-state index in [-0.39, 0.29) is 35.9 Å². The van der Waals surface area contributed by atoms with E-state index in [0.717, 1.165) is 0 Å². The minimum Gasteiger partial charge on any atom is -0.461 e. The molecule has 2 amide bonds. The molecular formula is C20H18FN3O4. The lowest BCUT2D eigenvalue weighted by molar-refractivity contribution is -0.121. The minimum absolute atomic E-state index is 0.0937. The van der Waals surface area contributed by atoms with Gasteiger partial charge in [0, 0.05) is 19.1 Å². The van der Waals surface area contributed by atoms with Crippen molar-refractivity contribution in [2.24, 2.45) is 0 Å². The molecule has 1 atom stereocenters. The Kier molecular flexibility index (Phi) is 4.92. The normalized spacial score (nSPS) is 16.3. The van der Waals surface area contributed by atoms with E-state index in [0.29, 0.717) is 36.4 Å². The molecule has 0 saturated carbocycles. The fourth-order valence-electron chi connectivity index (χ4n) is 3.32. The molecule has 1 N–H and O–H groups in total. The Morgan fingerprint density at radius 2 is 2.18 bits per heavy atom. The van der Waals surface area contributed by atoms with E-state index < -0.39 is 0 Å². The number of benzene rings is 1. The lowest BCUT2D eigenvalue weighted by Gasteiger charge is -2.16. The van der Waals surface area contributed by atoms with Crippen molar-refractivity contribution in [1.29, 1.82) is 0 Å². The van der Waals surface area contributed by atoms with Crippen molar-refractivity contribution in [2.75, 3.05) is 13.1 Å². The first-order valence-electron chi connectivity index (χ1n) is 8.92. The molecule has 28 heavy (non-hydrogen) atoms. The van der Waals surface area contributed by atoms with Crippen molar-refractivity contribution in [3.8, 4) is 11.5 Å². The number of nitrogens with one attached hydrogen (secondary N) is 1. The number of halogens is 1. The number of carbonyl (C=O) groups is 2. The number of furan rings is 1. The van der Waals surface area contributed by atoms with Crippen LogP contribution in [0.5, 0.6) is 0 Å². The number of amides is 2. The Labute approximate surface area is 160 Å². The topological polar surface area (TPSA) is 88.6 Å². The summed E-state index contributed by atoms with van der Waals surface area (Å²) in [6.07, 6.45) is 3.60. The van der Waals surface area contributed by atoms with E-state index in [4.69, 9.17) is 8.94 Å². The van der Waals surface area contributed by atoms with Crippen LogP contribution in [0, 0.1) is 5.82 Å². The molecule has 3 heterocycles. The molecule has 1 fully saturated rings. The Morgan fingerprint density at radius 3 is 2.96 bits per heavy atom. The molecule has 0 aliphatic carbocycles. The van der Waals surface area contributed by atoms with Crippen LogP contribution in [0.3, 0.4) is 0 Å². The van der Waals surface area contributed by atoms with Gasteiger partial charge < -0.3 is 19.2 Å². The lowest BCUT2D eigenvalue weighted by Crippen LogP contribution is -2.39. The van der Waals surface area contributed by atoms with Crippen LogP contribution in [0.1, 0.15) is 22.3 Å². The van der Waals surface area contributed by atoms with Crippen LogP contribution in [0.4, 0.5) is 4.39 Å². The third kappa shape index (κ3) is 3.80. The quantitative estimate of drug-likeness (QED) is 0.732. The van der Waals surface area contributed by atoms with Gasteiger partial charge in [-0.15, -0.1) is 0 Å². The monoisotopic (exact) mass is 383 g/mol. The van der Waals surface area contributed by atoms with Gasteiger partial charge in [0.2, 0.25) is 11.7 Å². The first-order chi connectivity index (χ1) is 13.6. The largest absolute Gasteiger partial charge is 0.461 e. The van der Waals surface area contributed by atoms with Gasteiger partial charge in [0.05, 0.1) is 18.9 Å². The molecule has 0 spiro atoms. The molecule has 1 aromatic carbocycles. The summed E-state index contributed by atoms with van der Waals surface area (Å²) in [6.45, 7) is 0.892. The first-order valence-corrected chi connectivity index (χ1v) is 8.92. The lowest BCUT2D eigenvalue weighted by atomic mass is 10.1. The summed E-state index contributed by atoms with van der Waals surface area (Å²) in [4.78, 5) is 26.7. The predicted octanol–water partition coefficient (Wildman–Crippen LogP) is 2.65. The number of hydrogen-bond donors (Lipinski definition) is 1. The molecule has 1 aliphatic heterocycles. The summed E-state index contributed by atoms with van der Waals surface area (Å²) in [6, 6.07) is 9.19. The molecule has 3 aromatic rings. The fraction of sp³-hybridized carbons (Fsp3) is 0.250. The van der Waals surface area contributed by atoms with E-state index in [2.05, 4.69) is 10.5 Å². The Morgan fingerprint density at radius 1 is 1.29 bits per heavy atom.